The van der Waals surface area contributed by atoms with E-state index in [0.29, 0.717) is 12.1 Å². The molecule has 1 saturated heterocycles. The average molecular weight is 249 g/mol. The molecule has 1 aromatic heterocycles. The first-order valence-electron chi connectivity index (χ1n) is 6.77. The zero-order chi connectivity index (χ0) is 12.8. The maximum Gasteiger partial charge on any atom is 0.0826 e. The summed E-state index contributed by atoms with van der Waals surface area (Å²) in [4.78, 5) is 6.48. The van der Waals surface area contributed by atoms with Crippen LogP contribution in [-0.4, -0.2) is 48.8 Å². The van der Waals surface area contributed by atoms with Crippen molar-refractivity contribution in [2.75, 3.05) is 32.8 Å². The molecule has 2 atom stereocenters. The second kappa shape index (κ2) is 6.83. The Bertz CT molecular complexity index is 344. The van der Waals surface area contributed by atoms with Crippen molar-refractivity contribution >= 4 is 0 Å². The van der Waals surface area contributed by atoms with Gasteiger partial charge in [-0.25, -0.2) is 0 Å². The summed E-state index contributed by atoms with van der Waals surface area (Å²) < 4.78 is 5.78. The highest BCUT2D eigenvalue weighted by Gasteiger charge is 2.19. The molecule has 2 heterocycles. The van der Waals surface area contributed by atoms with Gasteiger partial charge in [0.2, 0.25) is 0 Å². The van der Waals surface area contributed by atoms with Crippen molar-refractivity contribution in [1.82, 2.24) is 15.2 Å². The number of hydrogen-bond acceptors (Lipinski definition) is 4. The third-order valence-corrected chi connectivity index (χ3v) is 3.53. The largest absolute Gasteiger partial charge is 0.374 e. The molecule has 1 fully saturated rings. The fraction of sp³-hybridized carbons (Fsp3) is 0.643. The van der Waals surface area contributed by atoms with Crippen molar-refractivity contribution in [1.29, 1.82) is 0 Å². The third-order valence-electron chi connectivity index (χ3n) is 3.53. The quantitative estimate of drug-likeness (QED) is 0.857. The van der Waals surface area contributed by atoms with Gasteiger partial charge in [0.25, 0.3) is 0 Å². The van der Waals surface area contributed by atoms with Crippen LogP contribution in [0.5, 0.6) is 0 Å². The molecule has 0 bridgehead atoms. The minimum absolute atomic E-state index is 0.308. The van der Waals surface area contributed by atoms with Crippen molar-refractivity contribution in [2.45, 2.75) is 26.0 Å². The number of rotatable bonds is 5. The number of hydrogen-bond donors (Lipinski definition) is 1. The first-order valence-corrected chi connectivity index (χ1v) is 6.77. The minimum Gasteiger partial charge on any atom is -0.374 e. The number of pyridine rings is 1. The SMILES string of the molecule is CCN1CCOC(CN[C@H](C)c2ccncc2)C1. The maximum absolute atomic E-state index is 5.78. The summed E-state index contributed by atoms with van der Waals surface area (Å²) in [6.45, 7) is 9.34. The van der Waals surface area contributed by atoms with Crippen LogP contribution in [0.2, 0.25) is 0 Å². The lowest BCUT2D eigenvalue weighted by Crippen LogP contribution is -2.46. The number of ether oxygens (including phenoxy) is 1. The van der Waals surface area contributed by atoms with Gasteiger partial charge in [0, 0.05) is 38.1 Å². The van der Waals surface area contributed by atoms with Gasteiger partial charge in [-0.3, -0.25) is 9.88 Å². The Hall–Kier alpha value is -0.970. The highest BCUT2D eigenvalue weighted by atomic mass is 16.5. The van der Waals surface area contributed by atoms with Gasteiger partial charge >= 0.3 is 0 Å². The standard InChI is InChI=1S/C14H23N3O/c1-3-17-8-9-18-14(11-17)10-16-12(2)13-4-6-15-7-5-13/h4-7,12,14,16H,3,8-11H2,1-2H3/t12-,14?/m1/s1. The van der Waals surface area contributed by atoms with Gasteiger partial charge in [-0.2, -0.15) is 0 Å². The normalized spacial score (nSPS) is 22.9. The number of nitrogens with zero attached hydrogens (tertiary/aromatic N) is 2. The molecule has 4 heteroatoms. The Morgan fingerprint density at radius 3 is 3.00 bits per heavy atom. The summed E-state index contributed by atoms with van der Waals surface area (Å²) in [5.74, 6) is 0. The van der Waals surface area contributed by atoms with Gasteiger partial charge in [0.1, 0.15) is 0 Å². The lowest BCUT2D eigenvalue weighted by molar-refractivity contribution is -0.0262. The summed E-state index contributed by atoms with van der Waals surface area (Å²) in [6.07, 6.45) is 3.98. The Labute approximate surface area is 109 Å². The fourth-order valence-corrected chi connectivity index (χ4v) is 2.27. The smallest absolute Gasteiger partial charge is 0.0826 e. The summed E-state index contributed by atoms with van der Waals surface area (Å²) in [6, 6.07) is 4.45. The second-order valence-corrected chi connectivity index (χ2v) is 4.80. The predicted octanol–water partition coefficient (Wildman–Crippen LogP) is 1.45. The van der Waals surface area contributed by atoms with Crippen LogP contribution in [0.1, 0.15) is 25.5 Å². The van der Waals surface area contributed by atoms with Crippen LogP contribution in [0, 0.1) is 0 Å². The monoisotopic (exact) mass is 249 g/mol. The first kappa shape index (κ1) is 13.5. The maximum atomic E-state index is 5.78. The first-order chi connectivity index (χ1) is 8.79. The molecule has 0 radical (unpaired) electrons. The van der Waals surface area contributed by atoms with E-state index >= 15 is 0 Å². The van der Waals surface area contributed by atoms with Gasteiger partial charge < -0.3 is 10.1 Å². The second-order valence-electron chi connectivity index (χ2n) is 4.80. The van der Waals surface area contributed by atoms with Crippen LogP contribution in [0.3, 0.4) is 0 Å². The van der Waals surface area contributed by atoms with E-state index < -0.39 is 0 Å². The summed E-state index contributed by atoms with van der Waals surface area (Å²) in [5, 5.41) is 3.53. The number of likely N-dealkylation sites (N-methyl/N-ethyl adjacent to an activating group) is 1. The van der Waals surface area contributed by atoms with E-state index in [0.717, 1.165) is 32.8 Å². The summed E-state index contributed by atoms with van der Waals surface area (Å²) in [5.41, 5.74) is 1.27. The molecule has 0 saturated carbocycles. The molecule has 1 N–H and O–H groups in total. The molecule has 18 heavy (non-hydrogen) atoms. The molecule has 1 unspecified atom stereocenters. The van der Waals surface area contributed by atoms with Crippen molar-refractivity contribution in [3.8, 4) is 0 Å². The van der Waals surface area contributed by atoms with E-state index in [-0.39, 0.29) is 0 Å². The van der Waals surface area contributed by atoms with E-state index in [2.05, 4.69) is 41.2 Å². The van der Waals surface area contributed by atoms with Crippen LogP contribution in [-0.2, 0) is 4.74 Å². The van der Waals surface area contributed by atoms with E-state index in [1.165, 1.54) is 5.56 Å². The molecule has 1 aliphatic heterocycles. The molecular formula is C14H23N3O. The average Bonchev–Trinajstić information content (AvgIpc) is 2.46. The molecule has 0 aliphatic carbocycles. The summed E-state index contributed by atoms with van der Waals surface area (Å²) >= 11 is 0. The molecular weight excluding hydrogens is 226 g/mol. The summed E-state index contributed by atoms with van der Waals surface area (Å²) in [7, 11) is 0. The topological polar surface area (TPSA) is 37.4 Å². The van der Waals surface area contributed by atoms with Gasteiger partial charge in [-0.1, -0.05) is 6.92 Å². The van der Waals surface area contributed by atoms with Gasteiger partial charge in [0.15, 0.2) is 0 Å². The molecule has 0 amide bonds. The van der Waals surface area contributed by atoms with Crippen molar-refractivity contribution in [2.24, 2.45) is 0 Å². The Kier molecular flexibility index (Phi) is 5.11. The highest BCUT2D eigenvalue weighted by molar-refractivity contribution is 5.13. The third kappa shape index (κ3) is 3.77. The van der Waals surface area contributed by atoms with E-state index in [1.807, 2.05) is 12.4 Å². The van der Waals surface area contributed by atoms with Crippen LogP contribution < -0.4 is 5.32 Å². The molecule has 1 aromatic rings. The van der Waals surface area contributed by atoms with Crippen LogP contribution in [0.4, 0.5) is 0 Å². The lowest BCUT2D eigenvalue weighted by Gasteiger charge is -2.32. The molecule has 0 spiro atoms. The zero-order valence-electron chi connectivity index (χ0n) is 11.3. The van der Waals surface area contributed by atoms with Crippen molar-refractivity contribution < 1.29 is 4.74 Å². The Morgan fingerprint density at radius 1 is 1.50 bits per heavy atom. The van der Waals surface area contributed by atoms with E-state index in [1.54, 1.807) is 0 Å². The molecule has 0 aromatic carbocycles. The van der Waals surface area contributed by atoms with Gasteiger partial charge in [-0.15, -0.1) is 0 Å². The molecule has 2 rings (SSSR count). The van der Waals surface area contributed by atoms with Crippen LogP contribution in [0.25, 0.3) is 0 Å². The van der Waals surface area contributed by atoms with E-state index in [4.69, 9.17) is 4.74 Å². The number of nitrogens with one attached hydrogen (secondary N) is 1. The van der Waals surface area contributed by atoms with E-state index in [9.17, 15) is 0 Å². The minimum atomic E-state index is 0.308. The van der Waals surface area contributed by atoms with Crippen LogP contribution in [0.15, 0.2) is 24.5 Å². The zero-order valence-corrected chi connectivity index (χ0v) is 11.3. The number of morpholine rings is 1. The van der Waals surface area contributed by atoms with Crippen molar-refractivity contribution in [3.63, 3.8) is 0 Å². The highest BCUT2D eigenvalue weighted by Crippen LogP contribution is 2.11. The predicted molar refractivity (Wildman–Crippen MR) is 72.5 cm³/mol. The number of aromatic nitrogens is 1. The molecule has 100 valence electrons. The lowest BCUT2D eigenvalue weighted by atomic mass is 10.1. The van der Waals surface area contributed by atoms with Crippen LogP contribution >= 0.6 is 0 Å². The van der Waals surface area contributed by atoms with Gasteiger partial charge in [-0.05, 0) is 31.2 Å². The fourth-order valence-electron chi connectivity index (χ4n) is 2.27. The van der Waals surface area contributed by atoms with Crippen molar-refractivity contribution in [3.05, 3.63) is 30.1 Å². The Morgan fingerprint density at radius 2 is 2.28 bits per heavy atom. The Balaban J connectivity index is 1.77. The molecule has 4 nitrogen and oxygen atoms in total. The molecule has 1 aliphatic rings. The van der Waals surface area contributed by atoms with Gasteiger partial charge in [0.05, 0.1) is 12.7 Å².